The Labute approximate surface area is 79.8 Å². The second-order valence-electron chi connectivity index (χ2n) is 3.39. The molecule has 0 bridgehead atoms. The lowest BCUT2D eigenvalue weighted by molar-refractivity contribution is 0.0338. The first kappa shape index (κ1) is 10.2. The van der Waals surface area contributed by atoms with E-state index in [0.29, 0.717) is 0 Å². The molecule has 0 saturated heterocycles. The third-order valence-corrected chi connectivity index (χ3v) is 2.07. The summed E-state index contributed by atoms with van der Waals surface area (Å²) >= 11 is 0. The number of benzene rings is 1. The van der Waals surface area contributed by atoms with E-state index in [9.17, 15) is 5.11 Å². The highest BCUT2D eigenvalue weighted by Crippen LogP contribution is 2.05. The minimum Gasteiger partial charge on any atom is -0.378 e. The molecule has 0 heterocycles. The van der Waals surface area contributed by atoms with Gasteiger partial charge in [0.25, 0.3) is 0 Å². The van der Waals surface area contributed by atoms with Gasteiger partial charge in [0.05, 0.1) is 0 Å². The van der Waals surface area contributed by atoms with E-state index in [2.05, 4.69) is 6.07 Å². The van der Waals surface area contributed by atoms with Gasteiger partial charge in [-0.1, -0.05) is 24.3 Å². The summed E-state index contributed by atoms with van der Waals surface area (Å²) < 4.78 is 0. The maximum absolute atomic E-state index is 9.51. The van der Waals surface area contributed by atoms with Crippen LogP contribution < -0.4 is 0 Å². The number of hydrogen-bond acceptors (Lipinski definition) is 2. The summed E-state index contributed by atoms with van der Waals surface area (Å²) in [7, 11) is 3.76. The smallest absolute Gasteiger partial charge is 0.107 e. The van der Waals surface area contributed by atoms with Crippen LogP contribution in [0.4, 0.5) is 0 Å². The Morgan fingerprint density at radius 1 is 1.38 bits per heavy atom. The van der Waals surface area contributed by atoms with Crippen molar-refractivity contribution in [3.63, 3.8) is 0 Å². The van der Waals surface area contributed by atoms with Crippen LogP contribution in [0.1, 0.15) is 12.0 Å². The van der Waals surface area contributed by atoms with Crippen molar-refractivity contribution < 1.29 is 5.11 Å². The van der Waals surface area contributed by atoms with Crippen LogP contribution in [0.25, 0.3) is 0 Å². The maximum Gasteiger partial charge on any atom is 0.107 e. The first-order chi connectivity index (χ1) is 6.20. The van der Waals surface area contributed by atoms with Gasteiger partial charge in [-0.15, -0.1) is 0 Å². The van der Waals surface area contributed by atoms with Crippen molar-refractivity contribution in [2.45, 2.75) is 19.1 Å². The molecule has 1 radical (unpaired) electrons. The minimum atomic E-state index is -0.343. The average molecular weight is 178 g/mol. The lowest BCUT2D eigenvalue weighted by Gasteiger charge is -2.17. The summed E-state index contributed by atoms with van der Waals surface area (Å²) in [6, 6.07) is 10.8. The molecule has 0 aliphatic rings. The van der Waals surface area contributed by atoms with Crippen molar-refractivity contribution in [1.29, 1.82) is 0 Å². The fraction of sp³-hybridized carbons (Fsp3) is 0.455. The van der Waals surface area contributed by atoms with E-state index >= 15 is 0 Å². The number of aliphatic hydroxyl groups excluding tert-OH is 1. The molecule has 0 aliphatic heterocycles. The number of nitrogens with zero attached hydrogens (tertiary/aromatic N) is 1. The van der Waals surface area contributed by atoms with Crippen LogP contribution >= 0.6 is 0 Å². The Kier molecular flexibility index (Phi) is 3.93. The molecule has 71 valence electrons. The van der Waals surface area contributed by atoms with Crippen LogP contribution in [0, 0.1) is 6.07 Å². The molecule has 1 aromatic rings. The Morgan fingerprint density at radius 2 is 2.00 bits per heavy atom. The predicted molar refractivity (Wildman–Crippen MR) is 53.3 cm³/mol. The molecule has 2 nitrogen and oxygen atoms in total. The first-order valence-corrected chi connectivity index (χ1v) is 4.49. The zero-order valence-corrected chi connectivity index (χ0v) is 8.20. The van der Waals surface area contributed by atoms with Crippen LogP contribution in [0.2, 0.25) is 0 Å². The molecule has 13 heavy (non-hydrogen) atoms. The Balaban J connectivity index is 2.35. The fourth-order valence-electron chi connectivity index (χ4n) is 1.14. The molecule has 0 spiro atoms. The zero-order chi connectivity index (χ0) is 9.68. The topological polar surface area (TPSA) is 23.5 Å². The monoisotopic (exact) mass is 178 g/mol. The number of hydrogen-bond donors (Lipinski definition) is 1. The first-order valence-electron chi connectivity index (χ1n) is 4.49. The van der Waals surface area contributed by atoms with Crippen molar-refractivity contribution in [2.75, 3.05) is 14.1 Å². The van der Waals surface area contributed by atoms with Gasteiger partial charge in [-0.3, -0.25) is 4.90 Å². The molecular formula is C11H16NO. The molecule has 1 unspecified atom stereocenters. The van der Waals surface area contributed by atoms with Crippen molar-refractivity contribution in [3.8, 4) is 0 Å². The van der Waals surface area contributed by atoms with Gasteiger partial charge in [-0.2, -0.15) is 0 Å². The molecule has 0 aliphatic carbocycles. The van der Waals surface area contributed by atoms with E-state index in [-0.39, 0.29) is 6.23 Å². The molecule has 1 rings (SSSR count). The third-order valence-electron chi connectivity index (χ3n) is 2.07. The Hall–Kier alpha value is -0.860. The summed E-state index contributed by atoms with van der Waals surface area (Å²) in [6.45, 7) is 0. The summed E-state index contributed by atoms with van der Waals surface area (Å²) in [4.78, 5) is 1.81. The largest absolute Gasteiger partial charge is 0.378 e. The van der Waals surface area contributed by atoms with E-state index in [0.717, 1.165) is 12.8 Å². The molecule has 0 fully saturated rings. The van der Waals surface area contributed by atoms with Crippen LogP contribution in [0.15, 0.2) is 24.3 Å². The average Bonchev–Trinajstić information content (AvgIpc) is 2.15. The lowest BCUT2D eigenvalue weighted by atomic mass is 10.1. The van der Waals surface area contributed by atoms with E-state index in [1.165, 1.54) is 5.56 Å². The van der Waals surface area contributed by atoms with Crippen LogP contribution in [-0.2, 0) is 6.42 Å². The molecule has 2 heteroatoms. The van der Waals surface area contributed by atoms with E-state index in [4.69, 9.17) is 0 Å². The molecule has 0 saturated carbocycles. The maximum atomic E-state index is 9.51. The molecule has 1 aromatic carbocycles. The van der Waals surface area contributed by atoms with E-state index < -0.39 is 0 Å². The van der Waals surface area contributed by atoms with Crippen molar-refractivity contribution >= 4 is 0 Å². The molecule has 1 N–H and O–H groups in total. The summed E-state index contributed by atoms with van der Waals surface area (Å²) in [5.41, 5.74) is 1.25. The van der Waals surface area contributed by atoms with Crippen molar-refractivity contribution in [1.82, 2.24) is 4.90 Å². The van der Waals surface area contributed by atoms with Gasteiger partial charge in [0.15, 0.2) is 0 Å². The number of rotatable bonds is 4. The van der Waals surface area contributed by atoms with Crippen LogP contribution in [0.3, 0.4) is 0 Å². The summed E-state index contributed by atoms with van der Waals surface area (Å²) in [5.74, 6) is 0. The second kappa shape index (κ2) is 5.00. The third kappa shape index (κ3) is 3.57. The molecule has 0 aromatic heterocycles. The molecule has 0 amide bonds. The fourth-order valence-corrected chi connectivity index (χ4v) is 1.14. The number of aliphatic hydroxyl groups is 1. The lowest BCUT2D eigenvalue weighted by Crippen LogP contribution is -2.27. The zero-order valence-electron chi connectivity index (χ0n) is 8.20. The highest BCUT2D eigenvalue weighted by atomic mass is 16.3. The quantitative estimate of drug-likeness (QED) is 0.702. The normalized spacial score (nSPS) is 13.2. The Morgan fingerprint density at radius 3 is 2.54 bits per heavy atom. The van der Waals surface area contributed by atoms with Gasteiger partial charge >= 0.3 is 0 Å². The second-order valence-corrected chi connectivity index (χ2v) is 3.39. The highest BCUT2D eigenvalue weighted by Gasteiger charge is 2.05. The molecular weight excluding hydrogens is 162 g/mol. The Bertz CT molecular complexity index is 233. The van der Waals surface area contributed by atoms with Gasteiger partial charge in [0, 0.05) is 0 Å². The molecule has 1 atom stereocenters. The van der Waals surface area contributed by atoms with Crippen LogP contribution in [-0.4, -0.2) is 30.3 Å². The number of aryl methyl sites for hydroxylation is 1. The van der Waals surface area contributed by atoms with Gasteiger partial charge in [0.1, 0.15) is 6.23 Å². The van der Waals surface area contributed by atoms with Crippen molar-refractivity contribution in [2.24, 2.45) is 0 Å². The van der Waals surface area contributed by atoms with E-state index in [1.54, 1.807) is 0 Å². The van der Waals surface area contributed by atoms with Gasteiger partial charge in [-0.25, -0.2) is 0 Å². The van der Waals surface area contributed by atoms with Gasteiger partial charge < -0.3 is 5.11 Å². The minimum absolute atomic E-state index is 0.343. The van der Waals surface area contributed by atoms with Crippen LogP contribution in [0.5, 0.6) is 0 Å². The van der Waals surface area contributed by atoms with Crippen molar-refractivity contribution in [3.05, 3.63) is 35.9 Å². The SMILES string of the molecule is CN(C)C(O)CCc1cc[c]cc1. The standard InChI is InChI=1S/C11H16NO/c1-12(2)11(13)9-8-10-6-4-3-5-7-10/h4-7,11,13H,8-9H2,1-2H3. The van der Waals surface area contributed by atoms with Gasteiger partial charge in [0.2, 0.25) is 0 Å². The predicted octanol–water partition coefficient (Wildman–Crippen LogP) is 1.30. The summed E-state index contributed by atoms with van der Waals surface area (Å²) in [5, 5.41) is 9.51. The summed E-state index contributed by atoms with van der Waals surface area (Å²) in [6.07, 6.45) is 1.34. The van der Waals surface area contributed by atoms with E-state index in [1.807, 2.05) is 43.3 Å². The highest BCUT2D eigenvalue weighted by molar-refractivity contribution is 5.13. The van der Waals surface area contributed by atoms with Gasteiger partial charge in [-0.05, 0) is 38.6 Å².